The number of unbranched alkanes of at least 4 members (excludes halogenated alkanes) is 13. The molecule has 0 aliphatic rings. The Morgan fingerprint density at radius 2 is 1.09 bits per heavy atom. The first-order valence-corrected chi connectivity index (χ1v) is 9.83. The lowest BCUT2D eigenvalue weighted by molar-refractivity contribution is 0.140. The SMILES string of the molecule is CCCCCCCCCCCCCCCCOC(=O)N(S)S. The van der Waals surface area contributed by atoms with E-state index in [0.717, 1.165) is 16.6 Å². The summed E-state index contributed by atoms with van der Waals surface area (Å²) >= 11 is 7.49. The summed E-state index contributed by atoms with van der Waals surface area (Å²) < 4.78 is 5.81. The molecule has 5 heteroatoms. The van der Waals surface area contributed by atoms with Crippen LogP contribution in [0, 0.1) is 0 Å². The fourth-order valence-corrected chi connectivity index (χ4v) is 2.63. The lowest BCUT2D eigenvalue weighted by atomic mass is 10.0. The van der Waals surface area contributed by atoms with Crippen molar-refractivity contribution in [3.8, 4) is 0 Å². The van der Waals surface area contributed by atoms with E-state index in [1.54, 1.807) is 0 Å². The fraction of sp³-hybridized carbons (Fsp3) is 0.941. The highest BCUT2D eigenvalue weighted by atomic mass is 32.2. The molecule has 3 nitrogen and oxygen atoms in total. The first-order chi connectivity index (χ1) is 10.7. The number of rotatable bonds is 15. The van der Waals surface area contributed by atoms with Gasteiger partial charge in [-0.1, -0.05) is 90.4 Å². The van der Waals surface area contributed by atoms with E-state index in [2.05, 4.69) is 32.6 Å². The molecule has 0 fully saturated rings. The zero-order valence-electron chi connectivity index (χ0n) is 14.3. The molecule has 0 saturated heterocycles. The van der Waals surface area contributed by atoms with Crippen LogP contribution in [0.4, 0.5) is 4.79 Å². The number of hydrogen-bond donors (Lipinski definition) is 2. The number of thiol groups is 2. The van der Waals surface area contributed by atoms with Gasteiger partial charge in [-0.25, -0.2) is 4.79 Å². The largest absolute Gasteiger partial charge is 0.448 e. The zero-order chi connectivity index (χ0) is 16.5. The quantitative estimate of drug-likeness (QED) is 0.258. The lowest BCUT2D eigenvalue weighted by Gasteiger charge is -2.08. The predicted molar refractivity (Wildman–Crippen MR) is 101 cm³/mol. The van der Waals surface area contributed by atoms with Crippen molar-refractivity contribution in [1.82, 2.24) is 3.71 Å². The van der Waals surface area contributed by atoms with Gasteiger partial charge in [0, 0.05) is 0 Å². The van der Waals surface area contributed by atoms with Crippen molar-refractivity contribution < 1.29 is 9.53 Å². The summed E-state index contributed by atoms with van der Waals surface area (Å²) in [6.45, 7) is 2.73. The van der Waals surface area contributed by atoms with Crippen LogP contribution in [0.2, 0.25) is 0 Å². The molecule has 132 valence electrons. The minimum Gasteiger partial charge on any atom is -0.448 e. The number of amides is 1. The van der Waals surface area contributed by atoms with Crippen molar-refractivity contribution in [2.45, 2.75) is 96.8 Å². The van der Waals surface area contributed by atoms with Crippen molar-refractivity contribution in [2.75, 3.05) is 6.61 Å². The molecule has 0 aliphatic heterocycles. The Hall–Kier alpha value is -0.0300. The molecule has 0 atom stereocenters. The van der Waals surface area contributed by atoms with Crippen LogP contribution >= 0.6 is 25.6 Å². The fourth-order valence-electron chi connectivity index (χ4n) is 2.51. The van der Waals surface area contributed by atoms with Gasteiger partial charge in [-0.05, 0) is 32.1 Å². The average Bonchev–Trinajstić information content (AvgIpc) is 2.50. The third-order valence-electron chi connectivity index (χ3n) is 3.89. The van der Waals surface area contributed by atoms with Crippen LogP contribution in [0.25, 0.3) is 0 Å². The molecule has 0 aromatic carbocycles. The maximum absolute atomic E-state index is 11.0. The Balaban J connectivity index is 3.04. The first-order valence-electron chi connectivity index (χ1n) is 9.03. The van der Waals surface area contributed by atoms with Crippen molar-refractivity contribution in [1.29, 1.82) is 0 Å². The second-order valence-corrected chi connectivity index (χ2v) is 7.12. The minimum absolute atomic E-state index is 0.467. The molecule has 0 N–H and O–H groups in total. The van der Waals surface area contributed by atoms with Gasteiger partial charge >= 0.3 is 6.09 Å². The van der Waals surface area contributed by atoms with Crippen LogP contribution in [-0.4, -0.2) is 16.4 Å². The summed E-state index contributed by atoms with van der Waals surface area (Å²) in [6.07, 6.45) is 18.1. The van der Waals surface area contributed by atoms with Gasteiger partial charge in [0.15, 0.2) is 0 Å². The summed E-state index contributed by atoms with van der Waals surface area (Å²) in [5.41, 5.74) is 0. The minimum atomic E-state index is -0.499. The Labute approximate surface area is 148 Å². The van der Waals surface area contributed by atoms with E-state index in [9.17, 15) is 4.79 Å². The van der Waals surface area contributed by atoms with Crippen LogP contribution in [0.3, 0.4) is 0 Å². The van der Waals surface area contributed by atoms with E-state index in [1.165, 1.54) is 77.0 Å². The molecule has 0 radical (unpaired) electrons. The molecule has 1 amide bonds. The van der Waals surface area contributed by atoms with Crippen molar-refractivity contribution in [2.24, 2.45) is 0 Å². The van der Waals surface area contributed by atoms with Gasteiger partial charge in [0.2, 0.25) is 0 Å². The molecule has 0 heterocycles. The number of hydrogen-bond acceptors (Lipinski definition) is 4. The monoisotopic (exact) mass is 349 g/mol. The summed E-state index contributed by atoms with van der Waals surface area (Å²) in [5, 5.41) is 0. The molecule has 0 rings (SSSR count). The van der Waals surface area contributed by atoms with Crippen LogP contribution in [0.15, 0.2) is 0 Å². The van der Waals surface area contributed by atoms with Crippen molar-refractivity contribution in [3.05, 3.63) is 0 Å². The average molecular weight is 350 g/mol. The third kappa shape index (κ3) is 16.3. The Morgan fingerprint density at radius 3 is 1.45 bits per heavy atom. The van der Waals surface area contributed by atoms with E-state index in [-0.39, 0.29) is 0 Å². The molecular formula is C17H35NO2S2. The summed E-state index contributed by atoms with van der Waals surface area (Å²) in [7, 11) is 0. The number of carbonyl (C=O) groups excluding carboxylic acids is 1. The molecule has 22 heavy (non-hydrogen) atoms. The van der Waals surface area contributed by atoms with Crippen LogP contribution < -0.4 is 0 Å². The van der Waals surface area contributed by atoms with Gasteiger partial charge in [0.25, 0.3) is 0 Å². The van der Waals surface area contributed by atoms with Crippen LogP contribution in [0.1, 0.15) is 96.8 Å². The van der Waals surface area contributed by atoms with Crippen molar-refractivity contribution in [3.63, 3.8) is 0 Å². The summed E-state index contributed by atoms with van der Waals surface area (Å²) in [6, 6.07) is 0. The highest BCUT2D eigenvalue weighted by molar-refractivity contribution is 7.94. The molecule has 0 aliphatic carbocycles. The number of carbonyl (C=O) groups is 1. The van der Waals surface area contributed by atoms with E-state index in [4.69, 9.17) is 4.74 Å². The van der Waals surface area contributed by atoms with Gasteiger partial charge in [0.1, 0.15) is 0 Å². The predicted octanol–water partition coefficient (Wildman–Crippen LogP) is 6.60. The Bertz CT molecular complexity index is 251. The van der Waals surface area contributed by atoms with E-state index < -0.39 is 6.09 Å². The van der Waals surface area contributed by atoms with Crippen LogP contribution in [-0.2, 0) is 4.74 Å². The molecule has 0 aromatic rings. The van der Waals surface area contributed by atoms with Gasteiger partial charge in [-0.3, -0.25) is 0 Å². The smallest absolute Gasteiger partial charge is 0.429 e. The molecule has 0 unspecified atom stereocenters. The Morgan fingerprint density at radius 1 is 0.727 bits per heavy atom. The second kappa shape index (κ2) is 17.3. The highest BCUT2D eigenvalue weighted by Crippen LogP contribution is 2.13. The van der Waals surface area contributed by atoms with E-state index in [1.807, 2.05) is 0 Å². The molecule has 0 bridgehead atoms. The van der Waals surface area contributed by atoms with Gasteiger partial charge in [-0.15, -0.1) is 0 Å². The molecule has 0 saturated carbocycles. The molecular weight excluding hydrogens is 314 g/mol. The zero-order valence-corrected chi connectivity index (χ0v) is 16.1. The van der Waals surface area contributed by atoms with Gasteiger partial charge in [0.05, 0.1) is 6.61 Å². The van der Waals surface area contributed by atoms with E-state index in [0.29, 0.717) is 6.61 Å². The molecule has 0 spiro atoms. The summed E-state index contributed by atoms with van der Waals surface area (Å²) in [5.74, 6) is 0. The maximum Gasteiger partial charge on any atom is 0.429 e. The number of ether oxygens (including phenoxy) is 1. The molecule has 0 aromatic heterocycles. The topological polar surface area (TPSA) is 29.5 Å². The first kappa shape index (κ1) is 22.0. The van der Waals surface area contributed by atoms with Gasteiger partial charge < -0.3 is 4.74 Å². The highest BCUT2D eigenvalue weighted by Gasteiger charge is 2.05. The van der Waals surface area contributed by atoms with Crippen LogP contribution in [0.5, 0.6) is 0 Å². The van der Waals surface area contributed by atoms with E-state index >= 15 is 0 Å². The Kier molecular flexibility index (Phi) is 17.3. The lowest BCUT2D eigenvalue weighted by Crippen LogP contribution is -2.13. The number of nitrogens with zero attached hydrogens (tertiary/aromatic N) is 1. The third-order valence-corrected chi connectivity index (χ3v) is 4.21. The standard InChI is InChI=1S/C17H35NO2S2/c1-2-3-4-5-6-7-8-9-10-11-12-13-14-15-16-20-17(19)18(21)22/h21-22H,2-16H2,1H3. The van der Waals surface area contributed by atoms with Gasteiger partial charge in [-0.2, -0.15) is 3.71 Å². The normalized spacial score (nSPS) is 10.7. The second-order valence-electron chi connectivity index (χ2n) is 6.00. The van der Waals surface area contributed by atoms with Crippen molar-refractivity contribution >= 4 is 31.7 Å². The summed E-state index contributed by atoms with van der Waals surface area (Å²) in [4.78, 5) is 11.0. The maximum atomic E-state index is 11.0.